The van der Waals surface area contributed by atoms with Crippen LogP contribution in [-0.2, 0) is 0 Å². The Morgan fingerprint density at radius 3 is 2.78 bits per heavy atom. The first kappa shape index (κ1) is 17.9. The number of rotatable bonds is 4. The van der Waals surface area contributed by atoms with Crippen LogP contribution < -0.4 is 5.32 Å². The Balaban J connectivity index is 1.35. The van der Waals surface area contributed by atoms with Crippen LogP contribution in [0.5, 0.6) is 0 Å². The normalized spacial score (nSPS) is 15.1. The molecule has 0 radical (unpaired) electrons. The molecule has 2 amide bonds. The van der Waals surface area contributed by atoms with Crippen molar-refractivity contribution in [3.63, 3.8) is 0 Å². The number of thiophene rings is 1. The monoisotopic (exact) mass is 401 g/mol. The van der Waals surface area contributed by atoms with Crippen molar-refractivity contribution in [3.8, 4) is 10.6 Å². The molecular weight excluding hydrogens is 382 g/mol. The zero-order chi connectivity index (χ0) is 18.8. The Bertz CT molecular complexity index is 924. The van der Waals surface area contributed by atoms with E-state index in [0.717, 1.165) is 29.1 Å². The van der Waals surface area contributed by atoms with Crippen molar-refractivity contribution in [1.82, 2.24) is 15.2 Å². The Labute approximate surface area is 164 Å². The molecule has 0 aromatic carbocycles. The molecule has 0 spiro atoms. The molecule has 1 aliphatic heterocycles. The van der Waals surface area contributed by atoms with Gasteiger partial charge in [0.05, 0.1) is 17.5 Å². The van der Waals surface area contributed by atoms with E-state index >= 15 is 0 Å². The van der Waals surface area contributed by atoms with Gasteiger partial charge in [0.15, 0.2) is 0 Å². The van der Waals surface area contributed by atoms with Gasteiger partial charge in [0.2, 0.25) is 0 Å². The number of nitrogens with one attached hydrogen (secondary N) is 1. The third kappa shape index (κ3) is 3.81. The minimum atomic E-state index is -0.0777. The van der Waals surface area contributed by atoms with Crippen molar-refractivity contribution in [2.45, 2.75) is 25.8 Å². The number of carbonyl (C=O) groups is 2. The van der Waals surface area contributed by atoms with E-state index in [4.69, 9.17) is 4.42 Å². The third-order valence-electron chi connectivity index (χ3n) is 4.66. The molecule has 8 heteroatoms. The van der Waals surface area contributed by atoms with Gasteiger partial charge in [-0.1, -0.05) is 0 Å². The number of hydrogen-bond donors (Lipinski definition) is 1. The predicted molar refractivity (Wildman–Crippen MR) is 105 cm³/mol. The van der Waals surface area contributed by atoms with E-state index in [9.17, 15) is 9.59 Å². The van der Waals surface area contributed by atoms with Crippen LogP contribution in [0.4, 0.5) is 0 Å². The Kier molecular flexibility index (Phi) is 5.09. The van der Waals surface area contributed by atoms with Gasteiger partial charge in [-0.3, -0.25) is 9.59 Å². The van der Waals surface area contributed by atoms with Crippen molar-refractivity contribution in [1.29, 1.82) is 0 Å². The van der Waals surface area contributed by atoms with E-state index in [0.29, 0.717) is 23.5 Å². The number of likely N-dealkylation sites (tertiary alicyclic amines) is 1. The highest BCUT2D eigenvalue weighted by molar-refractivity contribution is 7.17. The predicted octanol–water partition coefficient (Wildman–Crippen LogP) is 3.81. The molecule has 3 aromatic heterocycles. The van der Waals surface area contributed by atoms with Crippen LogP contribution >= 0.6 is 22.7 Å². The Hall–Kier alpha value is -2.45. The molecule has 1 N–H and O–H groups in total. The number of nitrogens with zero attached hydrogens (tertiary/aromatic N) is 2. The number of piperidine rings is 1. The molecule has 1 fully saturated rings. The van der Waals surface area contributed by atoms with Gasteiger partial charge >= 0.3 is 0 Å². The zero-order valence-corrected chi connectivity index (χ0v) is 16.4. The van der Waals surface area contributed by atoms with Gasteiger partial charge < -0.3 is 14.6 Å². The summed E-state index contributed by atoms with van der Waals surface area (Å²) in [5.74, 6) is -0.0988. The Morgan fingerprint density at radius 1 is 1.30 bits per heavy atom. The molecule has 1 saturated heterocycles. The molecule has 0 aliphatic carbocycles. The van der Waals surface area contributed by atoms with Crippen molar-refractivity contribution in [3.05, 3.63) is 51.6 Å². The lowest BCUT2D eigenvalue weighted by molar-refractivity contribution is 0.0697. The Morgan fingerprint density at radius 2 is 2.11 bits per heavy atom. The highest BCUT2D eigenvalue weighted by atomic mass is 32.1. The fourth-order valence-corrected chi connectivity index (χ4v) is 4.84. The van der Waals surface area contributed by atoms with Crippen LogP contribution in [0.2, 0.25) is 0 Å². The minimum Gasteiger partial charge on any atom is -0.472 e. The molecule has 1 aliphatic rings. The summed E-state index contributed by atoms with van der Waals surface area (Å²) in [5.41, 5.74) is 2.38. The van der Waals surface area contributed by atoms with Crippen molar-refractivity contribution < 1.29 is 14.0 Å². The van der Waals surface area contributed by atoms with Crippen molar-refractivity contribution in [2.75, 3.05) is 13.1 Å². The molecule has 0 bridgehead atoms. The summed E-state index contributed by atoms with van der Waals surface area (Å²) < 4.78 is 4.98. The summed E-state index contributed by atoms with van der Waals surface area (Å²) in [4.78, 5) is 32.0. The van der Waals surface area contributed by atoms with E-state index in [1.54, 1.807) is 22.3 Å². The highest BCUT2D eigenvalue weighted by Gasteiger charge is 2.26. The summed E-state index contributed by atoms with van der Waals surface area (Å²) in [6.45, 7) is 3.11. The number of furan rings is 1. The lowest BCUT2D eigenvalue weighted by atomic mass is 10.0. The molecule has 4 rings (SSSR count). The quantitative estimate of drug-likeness (QED) is 0.721. The van der Waals surface area contributed by atoms with E-state index in [2.05, 4.69) is 10.3 Å². The number of hydrogen-bond acceptors (Lipinski definition) is 6. The average Bonchev–Trinajstić information content (AvgIpc) is 3.43. The maximum Gasteiger partial charge on any atom is 0.263 e. The summed E-state index contributed by atoms with van der Waals surface area (Å²) in [6.07, 6.45) is 4.45. The molecule has 0 unspecified atom stereocenters. The smallest absolute Gasteiger partial charge is 0.263 e. The third-order valence-corrected chi connectivity index (χ3v) is 6.54. The van der Waals surface area contributed by atoms with Gasteiger partial charge in [0.25, 0.3) is 11.8 Å². The first-order valence-electron chi connectivity index (χ1n) is 8.74. The lowest BCUT2D eigenvalue weighted by Gasteiger charge is -2.32. The number of amides is 2. The number of aryl methyl sites for hydroxylation is 1. The molecule has 6 nitrogen and oxygen atoms in total. The molecule has 27 heavy (non-hydrogen) atoms. The minimum absolute atomic E-state index is 0.0211. The van der Waals surface area contributed by atoms with Gasteiger partial charge in [-0.2, -0.15) is 11.3 Å². The first-order valence-corrected chi connectivity index (χ1v) is 10.5. The molecule has 0 saturated carbocycles. The van der Waals surface area contributed by atoms with Crippen LogP contribution in [0.25, 0.3) is 10.6 Å². The van der Waals surface area contributed by atoms with E-state index in [1.807, 2.05) is 23.8 Å². The fourth-order valence-electron chi connectivity index (χ4n) is 3.16. The second-order valence-electron chi connectivity index (χ2n) is 6.50. The number of aromatic nitrogens is 1. The topological polar surface area (TPSA) is 75.4 Å². The van der Waals surface area contributed by atoms with Gasteiger partial charge in [0, 0.05) is 30.1 Å². The van der Waals surface area contributed by atoms with Gasteiger partial charge in [-0.05, 0) is 37.3 Å². The molecule has 4 heterocycles. The van der Waals surface area contributed by atoms with E-state index in [-0.39, 0.29) is 17.9 Å². The number of thiazole rings is 1. The van der Waals surface area contributed by atoms with Gasteiger partial charge in [-0.15, -0.1) is 11.3 Å². The van der Waals surface area contributed by atoms with Crippen LogP contribution in [0.15, 0.2) is 39.8 Å². The zero-order valence-electron chi connectivity index (χ0n) is 14.8. The average molecular weight is 402 g/mol. The molecule has 0 atom stereocenters. The second kappa shape index (κ2) is 7.66. The molecule has 140 valence electrons. The van der Waals surface area contributed by atoms with Crippen LogP contribution in [0.3, 0.4) is 0 Å². The standard InChI is InChI=1S/C19H19N3O3S2/c1-12-16(27-18(20-12)14-5-9-26-11-14)17(23)21-15-2-6-22(7-3-15)19(24)13-4-8-25-10-13/h4-5,8-11,15H,2-3,6-7H2,1H3,(H,21,23). The highest BCUT2D eigenvalue weighted by Crippen LogP contribution is 2.29. The van der Waals surface area contributed by atoms with Gasteiger partial charge in [-0.25, -0.2) is 4.98 Å². The van der Waals surface area contributed by atoms with E-state index in [1.165, 1.54) is 23.9 Å². The lowest BCUT2D eigenvalue weighted by Crippen LogP contribution is -2.46. The van der Waals surface area contributed by atoms with Crippen LogP contribution in [0, 0.1) is 6.92 Å². The number of carbonyl (C=O) groups excluding carboxylic acids is 2. The largest absolute Gasteiger partial charge is 0.472 e. The van der Waals surface area contributed by atoms with Crippen LogP contribution in [-0.4, -0.2) is 40.8 Å². The van der Waals surface area contributed by atoms with E-state index < -0.39 is 0 Å². The second-order valence-corrected chi connectivity index (χ2v) is 8.28. The summed E-state index contributed by atoms with van der Waals surface area (Å²) in [5, 5.41) is 8.02. The van der Waals surface area contributed by atoms with Gasteiger partial charge in [0.1, 0.15) is 16.1 Å². The fraction of sp³-hybridized carbons (Fsp3) is 0.316. The van der Waals surface area contributed by atoms with Crippen molar-refractivity contribution >= 4 is 34.5 Å². The maximum absolute atomic E-state index is 12.7. The first-order chi connectivity index (χ1) is 13.1. The van der Waals surface area contributed by atoms with Crippen molar-refractivity contribution in [2.24, 2.45) is 0 Å². The molecular formula is C19H19N3O3S2. The summed E-state index contributed by atoms with van der Waals surface area (Å²) in [6, 6.07) is 3.75. The maximum atomic E-state index is 12.7. The summed E-state index contributed by atoms with van der Waals surface area (Å²) >= 11 is 3.04. The molecule has 3 aromatic rings. The SMILES string of the molecule is Cc1nc(-c2ccsc2)sc1C(=O)NC1CCN(C(=O)c2ccoc2)CC1. The van der Waals surface area contributed by atoms with Crippen LogP contribution in [0.1, 0.15) is 38.6 Å². The summed E-state index contributed by atoms with van der Waals surface area (Å²) in [7, 11) is 0.